The number of rotatable bonds is 6. The van der Waals surface area contributed by atoms with Crippen LogP contribution < -0.4 is 0 Å². The number of hydrogen-bond donors (Lipinski definition) is 1. The summed E-state index contributed by atoms with van der Waals surface area (Å²) in [4.78, 5) is 1.98. The largest absolute Gasteiger partial charge is 0.387 e. The maximum atomic E-state index is 12.8. The molecule has 0 bridgehead atoms. The third-order valence-corrected chi connectivity index (χ3v) is 3.13. The van der Waals surface area contributed by atoms with Gasteiger partial charge in [-0.05, 0) is 24.7 Å². The molecule has 1 aromatic heterocycles. The van der Waals surface area contributed by atoms with Gasteiger partial charge in [-0.3, -0.25) is 9.58 Å². The average molecular weight is 287 g/mol. The third kappa shape index (κ3) is 4.42. The Morgan fingerprint density at radius 3 is 2.81 bits per heavy atom. The van der Waals surface area contributed by atoms with Crippen LogP contribution in [0.4, 0.5) is 4.39 Å². The zero-order valence-electron chi connectivity index (χ0n) is 11.9. The lowest BCUT2D eigenvalue weighted by Crippen LogP contribution is -2.24. The molecule has 0 fully saturated rings. The van der Waals surface area contributed by atoms with Gasteiger partial charge in [-0.15, -0.1) is 6.42 Å². The van der Waals surface area contributed by atoms with Gasteiger partial charge in [-0.25, -0.2) is 4.39 Å². The van der Waals surface area contributed by atoms with Crippen molar-refractivity contribution in [3.05, 3.63) is 53.6 Å². The first kappa shape index (κ1) is 15.2. The number of halogens is 1. The lowest BCUT2D eigenvalue weighted by atomic mass is 10.1. The van der Waals surface area contributed by atoms with Crippen LogP contribution >= 0.6 is 0 Å². The number of terminal acetylenes is 1. The molecule has 1 aromatic carbocycles. The van der Waals surface area contributed by atoms with E-state index in [1.54, 1.807) is 23.0 Å². The Morgan fingerprint density at radius 1 is 1.43 bits per heavy atom. The Kier molecular flexibility index (Phi) is 5.09. The standard InChI is InChI=1S/C16H18FN3O/c1-3-8-20-11-13(9-18-20)10-19(2)12-16(21)14-4-6-15(17)7-5-14/h1,4-7,9,11,16,21H,8,10,12H2,2H3. The number of aliphatic hydroxyl groups excluding tert-OH is 1. The van der Waals surface area contributed by atoms with E-state index in [2.05, 4.69) is 11.0 Å². The van der Waals surface area contributed by atoms with Crippen molar-refractivity contribution in [1.29, 1.82) is 0 Å². The van der Waals surface area contributed by atoms with Crippen molar-refractivity contribution in [2.75, 3.05) is 13.6 Å². The molecule has 1 atom stereocenters. The van der Waals surface area contributed by atoms with Gasteiger partial charge in [0.15, 0.2) is 0 Å². The van der Waals surface area contributed by atoms with E-state index in [1.807, 2.05) is 18.1 Å². The van der Waals surface area contributed by atoms with Crippen LogP contribution in [0.15, 0.2) is 36.7 Å². The number of hydrogen-bond acceptors (Lipinski definition) is 3. The van der Waals surface area contributed by atoms with Crippen LogP contribution in [0.2, 0.25) is 0 Å². The minimum atomic E-state index is -0.656. The van der Waals surface area contributed by atoms with E-state index < -0.39 is 6.10 Å². The fourth-order valence-corrected chi connectivity index (χ4v) is 2.13. The topological polar surface area (TPSA) is 41.3 Å². The summed E-state index contributed by atoms with van der Waals surface area (Å²) in [5.41, 5.74) is 1.73. The van der Waals surface area contributed by atoms with E-state index in [4.69, 9.17) is 6.42 Å². The highest BCUT2D eigenvalue weighted by Crippen LogP contribution is 2.15. The normalized spacial score (nSPS) is 12.3. The number of aliphatic hydroxyl groups is 1. The number of nitrogens with zero attached hydrogens (tertiary/aromatic N) is 3. The zero-order chi connectivity index (χ0) is 15.2. The summed E-state index contributed by atoms with van der Waals surface area (Å²) in [5.74, 6) is 2.22. The van der Waals surface area contributed by atoms with E-state index >= 15 is 0 Å². The summed E-state index contributed by atoms with van der Waals surface area (Å²) >= 11 is 0. The molecule has 0 aliphatic heterocycles. The molecule has 1 heterocycles. The number of likely N-dealkylation sites (N-methyl/N-ethyl adjacent to an activating group) is 1. The van der Waals surface area contributed by atoms with E-state index in [-0.39, 0.29) is 5.82 Å². The fraction of sp³-hybridized carbons (Fsp3) is 0.312. The van der Waals surface area contributed by atoms with E-state index in [1.165, 1.54) is 12.1 Å². The summed E-state index contributed by atoms with van der Waals surface area (Å²) in [6, 6.07) is 5.89. The van der Waals surface area contributed by atoms with Crippen molar-refractivity contribution in [1.82, 2.24) is 14.7 Å². The van der Waals surface area contributed by atoms with Gasteiger partial charge < -0.3 is 5.11 Å². The molecular formula is C16H18FN3O. The van der Waals surface area contributed by atoms with Crippen molar-refractivity contribution in [3.63, 3.8) is 0 Å². The lowest BCUT2D eigenvalue weighted by Gasteiger charge is -2.20. The molecule has 1 unspecified atom stereocenters. The highest BCUT2D eigenvalue weighted by Gasteiger charge is 2.11. The predicted molar refractivity (Wildman–Crippen MR) is 78.8 cm³/mol. The van der Waals surface area contributed by atoms with Crippen LogP contribution in [-0.2, 0) is 13.1 Å². The van der Waals surface area contributed by atoms with Crippen LogP contribution in [0.25, 0.3) is 0 Å². The molecule has 4 nitrogen and oxygen atoms in total. The van der Waals surface area contributed by atoms with E-state index in [0.717, 1.165) is 5.56 Å². The third-order valence-electron chi connectivity index (χ3n) is 3.13. The first-order valence-corrected chi connectivity index (χ1v) is 6.65. The van der Waals surface area contributed by atoms with Crippen molar-refractivity contribution in [3.8, 4) is 12.3 Å². The summed E-state index contributed by atoms with van der Waals surface area (Å²) in [6.07, 6.45) is 8.23. The quantitative estimate of drug-likeness (QED) is 0.824. The lowest BCUT2D eigenvalue weighted by molar-refractivity contribution is 0.124. The van der Waals surface area contributed by atoms with Gasteiger partial charge in [-0.1, -0.05) is 18.1 Å². The van der Waals surface area contributed by atoms with E-state index in [9.17, 15) is 9.50 Å². The highest BCUT2D eigenvalue weighted by molar-refractivity contribution is 5.18. The molecule has 0 spiro atoms. The summed E-state index contributed by atoms with van der Waals surface area (Å²) < 4.78 is 14.5. The van der Waals surface area contributed by atoms with Crippen molar-refractivity contribution < 1.29 is 9.50 Å². The minimum absolute atomic E-state index is 0.305. The van der Waals surface area contributed by atoms with Crippen LogP contribution in [0.5, 0.6) is 0 Å². The zero-order valence-corrected chi connectivity index (χ0v) is 11.9. The smallest absolute Gasteiger partial charge is 0.123 e. The monoisotopic (exact) mass is 287 g/mol. The van der Waals surface area contributed by atoms with Crippen LogP contribution in [-0.4, -0.2) is 33.4 Å². The maximum Gasteiger partial charge on any atom is 0.123 e. The predicted octanol–water partition coefficient (Wildman–Crippen LogP) is 1.82. The Bertz CT molecular complexity index is 615. The molecule has 2 rings (SSSR count). The maximum absolute atomic E-state index is 12.8. The molecule has 0 amide bonds. The first-order valence-electron chi connectivity index (χ1n) is 6.65. The van der Waals surface area contributed by atoms with Crippen LogP contribution in [0.3, 0.4) is 0 Å². The Balaban J connectivity index is 1.89. The summed E-state index contributed by atoms with van der Waals surface area (Å²) in [7, 11) is 1.91. The molecule has 0 aliphatic carbocycles. The summed E-state index contributed by atoms with van der Waals surface area (Å²) in [5, 5.41) is 14.3. The molecule has 5 heteroatoms. The molecule has 0 aliphatic rings. The van der Waals surface area contributed by atoms with Crippen molar-refractivity contribution in [2.45, 2.75) is 19.2 Å². The first-order chi connectivity index (χ1) is 10.1. The van der Waals surface area contributed by atoms with Gasteiger partial charge in [0.05, 0.1) is 12.3 Å². The van der Waals surface area contributed by atoms with Gasteiger partial charge in [-0.2, -0.15) is 5.10 Å². The number of benzene rings is 1. The Morgan fingerprint density at radius 2 is 2.14 bits per heavy atom. The van der Waals surface area contributed by atoms with Gasteiger partial charge in [0, 0.05) is 24.8 Å². The number of aromatic nitrogens is 2. The molecule has 0 radical (unpaired) electrons. The Labute approximate surface area is 123 Å². The minimum Gasteiger partial charge on any atom is -0.387 e. The average Bonchev–Trinajstić information content (AvgIpc) is 2.87. The summed E-state index contributed by atoms with van der Waals surface area (Å²) in [6.45, 7) is 1.55. The molecule has 110 valence electrons. The van der Waals surface area contributed by atoms with Gasteiger partial charge in [0.2, 0.25) is 0 Å². The second-order valence-corrected chi connectivity index (χ2v) is 5.01. The van der Waals surface area contributed by atoms with Crippen molar-refractivity contribution >= 4 is 0 Å². The van der Waals surface area contributed by atoms with Crippen molar-refractivity contribution in [2.24, 2.45) is 0 Å². The second-order valence-electron chi connectivity index (χ2n) is 5.01. The molecule has 21 heavy (non-hydrogen) atoms. The molecule has 0 saturated carbocycles. The van der Waals surface area contributed by atoms with Gasteiger partial charge >= 0.3 is 0 Å². The highest BCUT2D eigenvalue weighted by atomic mass is 19.1. The van der Waals surface area contributed by atoms with E-state index in [0.29, 0.717) is 25.2 Å². The van der Waals surface area contributed by atoms with Crippen LogP contribution in [0.1, 0.15) is 17.2 Å². The van der Waals surface area contributed by atoms with Gasteiger partial charge in [0.1, 0.15) is 12.4 Å². The Hall–Kier alpha value is -2.16. The fourth-order valence-electron chi connectivity index (χ4n) is 2.13. The second kappa shape index (κ2) is 7.02. The molecule has 0 saturated heterocycles. The molecule has 2 aromatic rings. The SMILES string of the molecule is C#CCn1cc(CN(C)CC(O)c2ccc(F)cc2)cn1. The molecular weight excluding hydrogens is 269 g/mol. The van der Waals surface area contributed by atoms with Gasteiger partial charge in [0.25, 0.3) is 0 Å². The van der Waals surface area contributed by atoms with Crippen LogP contribution in [0, 0.1) is 18.2 Å². The molecule has 1 N–H and O–H groups in total.